The highest BCUT2D eigenvalue weighted by Crippen LogP contribution is 2.25. The molecule has 1 aromatic carbocycles. The summed E-state index contributed by atoms with van der Waals surface area (Å²) in [6, 6.07) is 2.21. The number of ketones is 1. The van der Waals surface area contributed by atoms with E-state index in [4.69, 9.17) is 4.42 Å². The smallest absolute Gasteiger partial charge is 0.202 e. The van der Waals surface area contributed by atoms with Crippen LogP contribution in [0.5, 0.6) is 0 Å². The maximum absolute atomic E-state index is 13.7. The third-order valence-electron chi connectivity index (χ3n) is 2.72. The van der Waals surface area contributed by atoms with E-state index in [-0.39, 0.29) is 11.1 Å². The fourth-order valence-corrected chi connectivity index (χ4v) is 1.59. The molecule has 1 unspecified atom stereocenters. The molecule has 0 amide bonds. The predicted octanol–water partition coefficient (Wildman–Crippen LogP) is 2.50. The first-order chi connectivity index (χ1) is 8.06. The van der Waals surface area contributed by atoms with E-state index in [0.717, 1.165) is 0 Å². The van der Waals surface area contributed by atoms with Crippen molar-refractivity contribution in [2.75, 3.05) is 7.05 Å². The number of benzene rings is 1. The Bertz CT molecular complexity index is 577. The Hall–Kier alpha value is -1.75. The number of carbonyl (C=O) groups is 1. The number of hydrogen-bond acceptors (Lipinski definition) is 3. The molecule has 2 rings (SSSR count). The molecule has 0 saturated carbocycles. The summed E-state index contributed by atoms with van der Waals surface area (Å²) in [5.74, 6) is -2.79. The molecule has 0 aliphatic rings. The number of hydrogen-bond donors (Lipinski definition) is 1. The Balaban J connectivity index is 2.61. The minimum atomic E-state index is -1.17. The van der Waals surface area contributed by atoms with Crippen molar-refractivity contribution in [2.45, 2.75) is 13.0 Å². The van der Waals surface area contributed by atoms with Gasteiger partial charge < -0.3 is 9.73 Å². The monoisotopic (exact) mass is 239 g/mol. The zero-order valence-electron chi connectivity index (χ0n) is 9.38. The van der Waals surface area contributed by atoms with Gasteiger partial charge in [-0.05, 0) is 26.1 Å². The summed E-state index contributed by atoms with van der Waals surface area (Å²) in [5.41, 5.74) is -0.436. The molecule has 0 spiro atoms. The highest BCUT2D eigenvalue weighted by Gasteiger charge is 2.23. The van der Waals surface area contributed by atoms with Gasteiger partial charge in [0.25, 0.3) is 0 Å². The third-order valence-corrected chi connectivity index (χ3v) is 2.72. The van der Waals surface area contributed by atoms with Gasteiger partial charge in [-0.3, -0.25) is 4.79 Å². The molecule has 1 atom stereocenters. The molecule has 17 heavy (non-hydrogen) atoms. The van der Waals surface area contributed by atoms with Crippen LogP contribution in [0.15, 0.2) is 22.8 Å². The highest BCUT2D eigenvalue weighted by atomic mass is 19.2. The lowest BCUT2D eigenvalue weighted by Gasteiger charge is -2.10. The number of carbonyl (C=O) groups excluding carboxylic acids is 1. The average Bonchev–Trinajstić information content (AvgIpc) is 2.80. The van der Waals surface area contributed by atoms with Gasteiger partial charge in [-0.1, -0.05) is 0 Å². The maximum Gasteiger partial charge on any atom is 0.202 e. The van der Waals surface area contributed by atoms with Crippen LogP contribution in [0, 0.1) is 11.6 Å². The third kappa shape index (κ3) is 1.82. The van der Waals surface area contributed by atoms with Gasteiger partial charge in [0.15, 0.2) is 17.2 Å². The summed E-state index contributed by atoms with van der Waals surface area (Å²) >= 11 is 0. The second-order valence-electron chi connectivity index (χ2n) is 3.77. The van der Waals surface area contributed by atoms with E-state index in [1.165, 1.54) is 18.4 Å². The summed E-state index contributed by atoms with van der Waals surface area (Å²) in [6.45, 7) is 1.58. The summed E-state index contributed by atoms with van der Waals surface area (Å²) in [7, 11) is 1.58. The Morgan fingerprint density at radius 1 is 1.41 bits per heavy atom. The Morgan fingerprint density at radius 3 is 2.76 bits per heavy atom. The van der Waals surface area contributed by atoms with E-state index in [1.807, 2.05) is 0 Å². The van der Waals surface area contributed by atoms with Gasteiger partial charge >= 0.3 is 0 Å². The number of rotatable bonds is 3. The van der Waals surface area contributed by atoms with Crippen LogP contribution in [-0.2, 0) is 0 Å². The summed E-state index contributed by atoms with van der Waals surface area (Å²) in [4.78, 5) is 11.8. The molecule has 0 aliphatic carbocycles. The average molecular weight is 239 g/mol. The molecule has 2 aromatic rings. The molecule has 1 N–H and O–H groups in total. The number of likely N-dealkylation sites (N-methyl/N-ethyl adjacent to an activating group) is 1. The molecule has 90 valence electrons. The first kappa shape index (κ1) is 11.7. The number of nitrogens with one attached hydrogen (secondary N) is 1. The van der Waals surface area contributed by atoms with Crippen LogP contribution in [0.3, 0.4) is 0 Å². The number of halogens is 2. The molecule has 0 fully saturated rings. The van der Waals surface area contributed by atoms with Crippen LogP contribution in [0.4, 0.5) is 8.78 Å². The lowest BCUT2D eigenvalue weighted by atomic mass is 10.0. The van der Waals surface area contributed by atoms with Crippen LogP contribution < -0.4 is 5.32 Å². The fraction of sp³-hybridized carbons (Fsp3) is 0.250. The molecule has 1 aromatic heterocycles. The molecular formula is C12H11F2NO2. The van der Waals surface area contributed by atoms with Crippen molar-refractivity contribution in [1.82, 2.24) is 5.32 Å². The van der Waals surface area contributed by atoms with Gasteiger partial charge in [0.05, 0.1) is 17.9 Å². The maximum atomic E-state index is 13.7. The number of fused-ring (bicyclic) bond motifs is 1. The van der Waals surface area contributed by atoms with Gasteiger partial charge in [-0.15, -0.1) is 0 Å². The van der Waals surface area contributed by atoms with Crippen molar-refractivity contribution >= 4 is 16.8 Å². The zero-order valence-corrected chi connectivity index (χ0v) is 9.38. The molecule has 0 aliphatic heterocycles. The van der Waals surface area contributed by atoms with Crippen molar-refractivity contribution < 1.29 is 18.0 Å². The lowest BCUT2D eigenvalue weighted by molar-refractivity contribution is 0.0950. The predicted molar refractivity (Wildman–Crippen MR) is 59.0 cm³/mol. The molecule has 1 heterocycles. The van der Waals surface area contributed by atoms with Gasteiger partial charge in [-0.25, -0.2) is 4.39 Å². The highest BCUT2D eigenvalue weighted by molar-refractivity contribution is 6.02. The van der Waals surface area contributed by atoms with Crippen molar-refractivity contribution in [2.24, 2.45) is 0 Å². The van der Waals surface area contributed by atoms with Crippen LogP contribution >= 0.6 is 0 Å². The topological polar surface area (TPSA) is 42.2 Å². The molecule has 5 heteroatoms. The first-order valence-electron chi connectivity index (χ1n) is 5.13. The Labute approximate surface area is 96.4 Å². The van der Waals surface area contributed by atoms with E-state index in [9.17, 15) is 13.6 Å². The minimum Gasteiger partial charge on any atom is -0.461 e. The van der Waals surface area contributed by atoms with Crippen LogP contribution in [0.1, 0.15) is 17.3 Å². The van der Waals surface area contributed by atoms with Gasteiger partial charge in [0.2, 0.25) is 5.82 Å². The van der Waals surface area contributed by atoms with E-state index >= 15 is 0 Å². The standard InChI is InChI=1S/C12H11F2NO2/c1-6(15-2)11(16)8-5-7-3-4-17-12(7)10(14)9(8)13/h3-6,15H,1-2H3. The summed E-state index contributed by atoms with van der Waals surface area (Å²) < 4.78 is 32.1. The zero-order chi connectivity index (χ0) is 12.6. The number of furan rings is 1. The lowest BCUT2D eigenvalue weighted by Crippen LogP contribution is -2.31. The SMILES string of the molecule is CNC(C)C(=O)c1cc2ccoc2c(F)c1F. The molecule has 3 nitrogen and oxygen atoms in total. The summed E-state index contributed by atoms with van der Waals surface area (Å²) in [5, 5.41) is 3.06. The second-order valence-corrected chi connectivity index (χ2v) is 3.77. The van der Waals surface area contributed by atoms with Gasteiger partial charge in [0.1, 0.15) is 0 Å². The van der Waals surface area contributed by atoms with E-state index in [2.05, 4.69) is 5.32 Å². The van der Waals surface area contributed by atoms with Crippen molar-refractivity contribution in [3.63, 3.8) is 0 Å². The van der Waals surface area contributed by atoms with Gasteiger partial charge in [-0.2, -0.15) is 4.39 Å². The van der Waals surface area contributed by atoms with E-state index in [1.54, 1.807) is 14.0 Å². The first-order valence-corrected chi connectivity index (χ1v) is 5.13. The van der Waals surface area contributed by atoms with Crippen molar-refractivity contribution in [1.29, 1.82) is 0 Å². The number of Topliss-reactive ketones (excluding diaryl/α,β-unsaturated/α-hetero) is 1. The molecule has 0 bridgehead atoms. The fourth-order valence-electron chi connectivity index (χ4n) is 1.59. The van der Waals surface area contributed by atoms with Gasteiger partial charge in [0, 0.05) is 5.39 Å². The Kier molecular flexibility index (Phi) is 2.93. The van der Waals surface area contributed by atoms with Crippen LogP contribution in [0.25, 0.3) is 11.0 Å². The van der Waals surface area contributed by atoms with E-state index < -0.39 is 23.5 Å². The molecule has 0 saturated heterocycles. The molecule has 0 radical (unpaired) electrons. The normalized spacial score (nSPS) is 12.9. The van der Waals surface area contributed by atoms with Crippen LogP contribution in [-0.4, -0.2) is 18.9 Å². The largest absolute Gasteiger partial charge is 0.461 e. The minimum absolute atomic E-state index is 0.170. The quantitative estimate of drug-likeness (QED) is 0.837. The van der Waals surface area contributed by atoms with Crippen LogP contribution in [0.2, 0.25) is 0 Å². The second kappa shape index (κ2) is 4.25. The Morgan fingerprint density at radius 2 is 2.12 bits per heavy atom. The van der Waals surface area contributed by atoms with Crippen molar-refractivity contribution in [3.8, 4) is 0 Å². The van der Waals surface area contributed by atoms with E-state index in [0.29, 0.717) is 5.39 Å². The molecular weight excluding hydrogens is 228 g/mol. The van der Waals surface area contributed by atoms with Crippen molar-refractivity contribution in [3.05, 3.63) is 35.6 Å². The summed E-state index contributed by atoms with van der Waals surface area (Å²) in [6.07, 6.45) is 1.25.